The second-order valence-corrected chi connectivity index (χ2v) is 4.58. The number of carbonyl (C=O) groups is 1. The van der Waals surface area contributed by atoms with Crippen molar-refractivity contribution in [1.29, 1.82) is 0 Å². The molecule has 0 atom stereocenters. The summed E-state index contributed by atoms with van der Waals surface area (Å²) in [5, 5.41) is 0. The Labute approximate surface area is 121 Å². The van der Waals surface area contributed by atoms with E-state index in [-0.39, 0.29) is 12.5 Å². The maximum Gasteiger partial charge on any atom is 0.320 e. The summed E-state index contributed by atoms with van der Waals surface area (Å²) in [6, 6.07) is 6.02. The van der Waals surface area contributed by atoms with Crippen LogP contribution in [0, 0.1) is 6.92 Å². The summed E-state index contributed by atoms with van der Waals surface area (Å²) >= 11 is 0. The molecule has 1 rings (SSSR count). The molecule has 0 aliphatic heterocycles. The lowest BCUT2D eigenvalue weighted by Gasteiger charge is -2.21. The van der Waals surface area contributed by atoms with Crippen LogP contribution < -0.4 is 4.74 Å². The molecule has 0 unspecified atom stereocenters. The molecule has 4 nitrogen and oxygen atoms in total. The highest BCUT2D eigenvalue weighted by atomic mass is 16.5. The van der Waals surface area contributed by atoms with Gasteiger partial charge in [0, 0.05) is 18.7 Å². The van der Waals surface area contributed by atoms with Crippen molar-refractivity contribution in [2.45, 2.75) is 20.4 Å². The standard InChI is InChI=1S/C16H23NO3/c1-5-9-17(12-16(18)20-6-2)11-14-10-13(3)7-8-15(14)19-4/h5,7-8,10H,1,6,9,11-12H2,2-4H3. The molecule has 110 valence electrons. The molecule has 0 amide bonds. The molecule has 0 aromatic heterocycles. The zero-order chi connectivity index (χ0) is 15.0. The highest BCUT2D eigenvalue weighted by molar-refractivity contribution is 5.71. The molecule has 20 heavy (non-hydrogen) atoms. The third kappa shape index (κ3) is 5.05. The molecule has 0 heterocycles. The van der Waals surface area contributed by atoms with E-state index in [1.807, 2.05) is 24.0 Å². The van der Waals surface area contributed by atoms with Gasteiger partial charge in [-0.25, -0.2) is 0 Å². The molecule has 0 saturated carbocycles. The molecule has 0 saturated heterocycles. The summed E-state index contributed by atoms with van der Waals surface area (Å²) in [7, 11) is 1.65. The highest BCUT2D eigenvalue weighted by Crippen LogP contribution is 2.21. The van der Waals surface area contributed by atoms with Crippen molar-refractivity contribution in [2.24, 2.45) is 0 Å². The molecular formula is C16H23NO3. The smallest absolute Gasteiger partial charge is 0.320 e. The molecule has 1 aromatic carbocycles. The van der Waals surface area contributed by atoms with Gasteiger partial charge in [0.05, 0.1) is 20.3 Å². The van der Waals surface area contributed by atoms with Gasteiger partial charge in [0.25, 0.3) is 0 Å². The number of methoxy groups -OCH3 is 1. The van der Waals surface area contributed by atoms with E-state index in [0.29, 0.717) is 19.7 Å². The van der Waals surface area contributed by atoms with E-state index in [4.69, 9.17) is 9.47 Å². The number of aryl methyl sites for hydroxylation is 1. The number of ether oxygens (including phenoxy) is 2. The number of benzene rings is 1. The van der Waals surface area contributed by atoms with Crippen LogP contribution in [-0.4, -0.2) is 37.7 Å². The first kappa shape index (κ1) is 16.2. The maximum absolute atomic E-state index is 11.6. The summed E-state index contributed by atoms with van der Waals surface area (Å²) in [6.07, 6.45) is 1.78. The van der Waals surface area contributed by atoms with Crippen molar-refractivity contribution < 1.29 is 14.3 Å². The minimum atomic E-state index is -0.221. The number of nitrogens with zero attached hydrogens (tertiary/aromatic N) is 1. The maximum atomic E-state index is 11.6. The molecule has 0 bridgehead atoms. The van der Waals surface area contributed by atoms with Crippen LogP contribution >= 0.6 is 0 Å². The fourth-order valence-corrected chi connectivity index (χ4v) is 2.03. The Morgan fingerprint density at radius 1 is 1.45 bits per heavy atom. The Morgan fingerprint density at radius 2 is 2.20 bits per heavy atom. The van der Waals surface area contributed by atoms with Crippen molar-refractivity contribution in [3.05, 3.63) is 42.0 Å². The first-order valence-corrected chi connectivity index (χ1v) is 6.73. The zero-order valence-corrected chi connectivity index (χ0v) is 12.5. The highest BCUT2D eigenvalue weighted by Gasteiger charge is 2.13. The Balaban J connectivity index is 2.81. The van der Waals surface area contributed by atoms with Gasteiger partial charge in [0.1, 0.15) is 5.75 Å². The third-order valence-electron chi connectivity index (χ3n) is 2.88. The van der Waals surface area contributed by atoms with Crippen molar-refractivity contribution in [2.75, 3.05) is 26.8 Å². The van der Waals surface area contributed by atoms with E-state index in [1.165, 1.54) is 0 Å². The van der Waals surface area contributed by atoms with Gasteiger partial charge in [0.15, 0.2) is 0 Å². The van der Waals surface area contributed by atoms with Gasteiger partial charge in [-0.15, -0.1) is 6.58 Å². The zero-order valence-electron chi connectivity index (χ0n) is 12.5. The van der Waals surface area contributed by atoms with Crippen LogP contribution in [0.3, 0.4) is 0 Å². The van der Waals surface area contributed by atoms with Gasteiger partial charge in [-0.3, -0.25) is 9.69 Å². The number of carbonyl (C=O) groups excluding carboxylic acids is 1. The van der Waals surface area contributed by atoms with Crippen LogP contribution in [0.2, 0.25) is 0 Å². The van der Waals surface area contributed by atoms with Crippen LogP contribution in [0.4, 0.5) is 0 Å². The lowest BCUT2D eigenvalue weighted by Crippen LogP contribution is -2.31. The summed E-state index contributed by atoms with van der Waals surface area (Å²) in [5.41, 5.74) is 2.22. The average Bonchev–Trinajstić information content (AvgIpc) is 2.39. The van der Waals surface area contributed by atoms with E-state index < -0.39 is 0 Å². The minimum Gasteiger partial charge on any atom is -0.496 e. The van der Waals surface area contributed by atoms with Crippen LogP contribution in [0.25, 0.3) is 0 Å². The summed E-state index contributed by atoms with van der Waals surface area (Å²) in [5.74, 6) is 0.606. The van der Waals surface area contributed by atoms with Crippen molar-refractivity contribution in [1.82, 2.24) is 4.90 Å². The van der Waals surface area contributed by atoms with Gasteiger partial charge >= 0.3 is 5.97 Å². The summed E-state index contributed by atoms with van der Waals surface area (Å²) < 4.78 is 10.4. The fourth-order valence-electron chi connectivity index (χ4n) is 2.03. The minimum absolute atomic E-state index is 0.221. The number of hydrogen-bond acceptors (Lipinski definition) is 4. The second-order valence-electron chi connectivity index (χ2n) is 4.58. The summed E-state index contributed by atoms with van der Waals surface area (Å²) in [6.45, 7) is 9.46. The largest absolute Gasteiger partial charge is 0.496 e. The Morgan fingerprint density at radius 3 is 2.80 bits per heavy atom. The molecule has 0 radical (unpaired) electrons. The molecule has 0 aliphatic rings. The number of esters is 1. The van der Waals surface area contributed by atoms with E-state index >= 15 is 0 Å². The SMILES string of the molecule is C=CCN(CC(=O)OCC)Cc1cc(C)ccc1OC. The molecule has 0 aliphatic carbocycles. The van der Waals surface area contributed by atoms with Gasteiger partial charge in [-0.2, -0.15) is 0 Å². The van der Waals surface area contributed by atoms with E-state index in [0.717, 1.165) is 16.9 Å². The van der Waals surface area contributed by atoms with E-state index in [9.17, 15) is 4.79 Å². The molecule has 0 fully saturated rings. The average molecular weight is 277 g/mol. The predicted octanol–water partition coefficient (Wildman–Crippen LogP) is 2.55. The second kappa shape index (κ2) is 8.38. The topological polar surface area (TPSA) is 38.8 Å². The van der Waals surface area contributed by atoms with Crippen LogP contribution in [-0.2, 0) is 16.1 Å². The quantitative estimate of drug-likeness (QED) is 0.541. The van der Waals surface area contributed by atoms with Gasteiger partial charge in [-0.1, -0.05) is 23.8 Å². The molecular weight excluding hydrogens is 254 g/mol. The van der Waals surface area contributed by atoms with Gasteiger partial charge in [-0.05, 0) is 19.9 Å². The van der Waals surface area contributed by atoms with Crippen LogP contribution in [0.1, 0.15) is 18.1 Å². The van der Waals surface area contributed by atoms with Crippen molar-refractivity contribution >= 4 is 5.97 Å². The predicted molar refractivity (Wildman–Crippen MR) is 79.8 cm³/mol. The van der Waals surface area contributed by atoms with Crippen LogP contribution in [0.5, 0.6) is 5.75 Å². The lowest BCUT2D eigenvalue weighted by molar-refractivity contribution is -0.144. The number of hydrogen-bond donors (Lipinski definition) is 0. The van der Waals surface area contributed by atoms with Crippen molar-refractivity contribution in [3.8, 4) is 5.75 Å². The monoisotopic (exact) mass is 277 g/mol. The third-order valence-corrected chi connectivity index (χ3v) is 2.88. The molecule has 1 aromatic rings. The first-order valence-electron chi connectivity index (χ1n) is 6.73. The summed E-state index contributed by atoms with van der Waals surface area (Å²) in [4.78, 5) is 13.6. The van der Waals surface area contributed by atoms with Gasteiger partial charge in [0.2, 0.25) is 0 Å². The molecule has 0 N–H and O–H groups in total. The normalized spacial score (nSPS) is 10.4. The Hall–Kier alpha value is -1.81. The lowest BCUT2D eigenvalue weighted by atomic mass is 10.1. The van der Waals surface area contributed by atoms with Crippen LogP contribution in [0.15, 0.2) is 30.9 Å². The van der Waals surface area contributed by atoms with Gasteiger partial charge < -0.3 is 9.47 Å². The van der Waals surface area contributed by atoms with Crippen molar-refractivity contribution in [3.63, 3.8) is 0 Å². The fraction of sp³-hybridized carbons (Fsp3) is 0.438. The molecule has 4 heteroatoms. The number of rotatable bonds is 8. The first-order chi connectivity index (χ1) is 9.60. The van der Waals surface area contributed by atoms with E-state index in [1.54, 1.807) is 20.1 Å². The Bertz CT molecular complexity index is 457. The van der Waals surface area contributed by atoms with E-state index in [2.05, 4.69) is 12.6 Å². The Kier molecular flexibility index (Phi) is 6.81. The molecule has 0 spiro atoms.